The van der Waals surface area contributed by atoms with Gasteiger partial charge in [-0.2, -0.15) is 8.78 Å². The molecule has 2 aromatic rings. The molecule has 2 aromatic carbocycles. The largest absolute Gasteiger partial charge is 0.462 e. The molecule has 0 unspecified atom stereocenters. The fraction of sp³-hybridized carbons (Fsp3) is 0.300. The Bertz CT molecular complexity index is 709. The minimum absolute atomic E-state index is 0.00158. The van der Waals surface area contributed by atoms with Gasteiger partial charge in [-0.3, -0.25) is 4.79 Å². The number of esters is 1. The van der Waals surface area contributed by atoms with Gasteiger partial charge in [-0.05, 0) is 31.9 Å². The Hall–Kier alpha value is -2.56. The second-order valence-corrected chi connectivity index (χ2v) is 5.86. The summed E-state index contributed by atoms with van der Waals surface area (Å²) >= 11 is 0. The van der Waals surface area contributed by atoms with E-state index in [1.807, 2.05) is 6.92 Å². The average molecular weight is 346 g/mol. The van der Waals surface area contributed by atoms with Crippen molar-refractivity contribution in [3.05, 3.63) is 71.3 Å². The Balaban J connectivity index is 1.74. The number of carbonyl (C=O) groups excluding carboxylic acids is 2. The number of hydrogen-bond donors (Lipinski definition) is 0. The van der Waals surface area contributed by atoms with Gasteiger partial charge >= 0.3 is 11.9 Å². The van der Waals surface area contributed by atoms with E-state index < -0.39 is 24.1 Å². The summed E-state index contributed by atoms with van der Waals surface area (Å²) in [6.45, 7) is 1.95. The zero-order chi connectivity index (χ0) is 18.3. The topological polar surface area (TPSA) is 43.4 Å². The number of alkyl halides is 2. The third kappa shape index (κ3) is 5.48. The van der Waals surface area contributed by atoms with Crippen LogP contribution in [0.1, 0.15) is 45.5 Å². The van der Waals surface area contributed by atoms with Gasteiger partial charge in [-0.1, -0.05) is 48.0 Å². The van der Waals surface area contributed by atoms with Crippen LogP contribution in [0.2, 0.25) is 0 Å². The summed E-state index contributed by atoms with van der Waals surface area (Å²) in [6.07, 6.45) is -0.204. The molecule has 0 fully saturated rings. The summed E-state index contributed by atoms with van der Waals surface area (Å²) in [5, 5.41) is 0. The van der Waals surface area contributed by atoms with Crippen LogP contribution in [0.25, 0.3) is 0 Å². The second-order valence-electron chi connectivity index (χ2n) is 5.86. The number of rotatable bonds is 8. The summed E-state index contributed by atoms with van der Waals surface area (Å²) in [5.74, 6) is -5.07. The number of halogens is 2. The summed E-state index contributed by atoms with van der Waals surface area (Å²) < 4.78 is 32.9. The van der Waals surface area contributed by atoms with Crippen molar-refractivity contribution in [3.63, 3.8) is 0 Å². The van der Waals surface area contributed by atoms with E-state index in [0.717, 1.165) is 5.56 Å². The molecule has 5 heteroatoms. The Kier molecular flexibility index (Phi) is 6.39. The quantitative estimate of drug-likeness (QED) is 0.390. The minimum atomic E-state index is -3.41. The van der Waals surface area contributed by atoms with Crippen molar-refractivity contribution in [2.45, 2.75) is 32.1 Å². The van der Waals surface area contributed by atoms with Gasteiger partial charge in [0.15, 0.2) is 0 Å². The zero-order valence-corrected chi connectivity index (χ0v) is 14.0. The molecule has 0 radical (unpaired) electrons. The van der Waals surface area contributed by atoms with Crippen molar-refractivity contribution in [2.24, 2.45) is 0 Å². The SMILES string of the molecule is Cc1ccc(C(=O)OCCCCC(F)(F)C(=O)c2ccccc2)cc1. The molecule has 0 heterocycles. The fourth-order valence-corrected chi connectivity index (χ4v) is 2.30. The highest BCUT2D eigenvalue weighted by atomic mass is 19.3. The van der Waals surface area contributed by atoms with Crippen LogP contribution in [0, 0.1) is 6.92 Å². The van der Waals surface area contributed by atoms with E-state index in [2.05, 4.69) is 0 Å². The van der Waals surface area contributed by atoms with Gasteiger partial charge in [0.1, 0.15) is 0 Å². The van der Waals surface area contributed by atoms with Crippen molar-refractivity contribution >= 4 is 11.8 Å². The highest BCUT2D eigenvalue weighted by Gasteiger charge is 2.38. The summed E-state index contributed by atoms with van der Waals surface area (Å²) in [6, 6.07) is 14.4. The van der Waals surface area contributed by atoms with Gasteiger partial charge in [-0.15, -0.1) is 0 Å². The van der Waals surface area contributed by atoms with E-state index in [4.69, 9.17) is 4.74 Å². The third-order valence-corrected chi connectivity index (χ3v) is 3.77. The Morgan fingerprint density at radius 1 is 0.920 bits per heavy atom. The molecule has 0 atom stereocenters. The number of unbranched alkanes of at least 4 members (excludes halogenated alkanes) is 1. The molecule has 0 spiro atoms. The summed E-state index contributed by atoms with van der Waals surface area (Å²) in [4.78, 5) is 23.6. The van der Waals surface area contributed by atoms with Crippen LogP contribution in [0.4, 0.5) is 8.78 Å². The van der Waals surface area contributed by atoms with E-state index in [1.165, 1.54) is 12.1 Å². The lowest BCUT2D eigenvalue weighted by molar-refractivity contribution is 0.00225. The summed E-state index contributed by atoms with van der Waals surface area (Å²) in [5.41, 5.74) is 1.45. The van der Waals surface area contributed by atoms with E-state index in [1.54, 1.807) is 42.5 Å². The van der Waals surface area contributed by atoms with Crippen LogP contribution in [0.15, 0.2) is 54.6 Å². The molecule has 0 aliphatic rings. The normalized spacial score (nSPS) is 11.2. The Labute approximate surface area is 145 Å². The standard InChI is InChI=1S/C20H20F2O3/c1-15-9-11-17(12-10-15)19(24)25-14-6-5-13-20(21,22)18(23)16-7-3-2-4-8-16/h2-4,7-12H,5-6,13-14H2,1H3. The molecule has 2 rings (SSSR count). The lowest BCUT2D eigenvalue weighted by atomic mass is 10.0. The van der Waals surface area contributed by atoms with Gasteiger partial charge in [0, 0.05) is 12.0 Å². The van der Waals surface area contributed by atoms with E-state index in [9.17, 15) is 18.4 Å². The number of ether oxygens (including phenoxy) is 1. The fourth-order valence-electron chi connectivity index (χ4n) is 2.30. The number of aryl methyl sites for hydroxylation is 1. The number of benzene rings is 2. The molecule has 0 N–H and O–H groups in total. The van der Waals surface area contributed by atoms with Crippen molar-refractivity contribution in [2.75, 3.05) is 6.61 Å². The predicted octanol–water partition coefficient (Wildman–Crippen LogP) is 4.84. The molecule has 0 saturated heterocycles. The maximum Gasteiger partial charge on any atom is 0.338 e. The van der Waals surface area contributed by atoms with Crippen LogP contribution in [0.5, 0.6) is 0 Å². The second kappa shape index (κ2) is 8.51. The molecule has 0 saturated carbocycles. The maximum atomic E-state index is 13.9. The highest BCUT2D eigenvalue weighted by molar-refractivity contribution is 6.01. The molecular weight excluding hydrogens is 326 g/mol. The number of hydrogen-bond acceptors (Lipinski definition) is 3. The van der Waals surface area contributed by atoms with Gasteiger partial charge in [-0.25, -0.2) is 4.79 Å². The van der Waals surface area contributed by atoms with Crippen molar-refractivity contribution < 1.29 is 23.1 Å². The van der Waals surface area contributed by atoms with Crippen LogP contribution in [-0.2, 0) is 4.74 Å². The van der Waals surface area contributed by atoms with Crippen LogP contribution >= 0.6 is 0 Å². The first-order valence-corrected chi connectivity index (χ1v) is 8.11. The molecule has 0 amide bonds. The molecule has 3 nitrogen and oxygen atoms in total. The average Bonchev–Trinajstić information content (AvgIpc) is 2.62. The Morgan fingerprint density at radius 2 is 1.56 bits per heavy atom. The number of ketones is 1. The third-order valence-electron chi connectivity index (χ3n) is 3.77. The van der Waals surface area contributed by atoms with E-state index in [-0.39, 0.29) is 25.0 Å². The zero-order valence-electron chi connectivity index (χ0n) is 14.0. The van der Waals surface area contributed by atoms with Crippen molar-refractivity contribution in [1.82, 2.24) is 0 Å². The van der Waals surface area contributed by atoms with Crippen LogP contribution < -0.4 is 0 Å². The first-order valence-electron chi connectivity index (χ1n) is 8.11. The lowest BCUT2D eigenvalue weighted by Crippen LogP contribution is -2.28. The van der Waals surface area contributed by atoms with Gasteiger partial charge in [0.2, 0.25) is 5.78 Å². The first kappa shape index (κ1) is 18.8. The molecule has 132 valence electrons. The monoisotopic (exact) mass is 346 g/mol. The summed E-state index contributed by atoms with van der Waals surface area (Å²) in [7, 11) is 0. The minimum Gasteiger partial charge on any atom is -0.462 e. The van der Waals surface area contributed by atoms with Crippen LogP contribution in [0.3, 0.4) is 0 Å². The predicted molar refractivity (Wildman–Crippen MR) is 91.0 cm³/mol. The molecule has 25 heavy (non-hydrogen) atoms. The van der Waals surface area contributed by atoms with Crippen molar-refractivity contribution in [1.29, 1.82) is 0 Å². The lowest BCUT2D eigenvalue weighted by Gasteiger charge is -2.15. The molecule has 0 aliphatic carbocycles. The van der Waals surface area contributed by atoms with E-state index in [0.29, 0.717) is 5.56 Å². The molecule has 0 aliphatic heterocycles. The van der Waals surface area contributed by atoms with Crippen LogP contribution in [-0.4, -0.2) is 24.3 Å². The van der Waals surface area contributed by atoms with E-state index >= 15 is 0 Å². The first-order chi connectivity index (χ1) is 11.9. The highest BCUT2D eigenvalue weighted by Crippen LogP contribution is 2.26. The van der Waals surface area contributed by atoms with Gasteiger partial charge in [0.25, 0.3) is 0 Å². The molecule has 0 bridgehead atoms. The maximum absolute atomic E-state index is 13.9. The number of carbonyl (C=O) groups is 2. The molecule has 0 aromatic heterocycles. The smallest absolute Gasteiger partial charge is 0.338 e. The Morgan fingerprint density at radius 3 is 2.20 bits per heavy atom. The molecular formula is C20H20F2O3. The van der Waals surface area contributed by atoms with Crippen molar-refractivity contribution in [3.8, 4) is 0 Å². The van der Waals surface area contributed by atoms with Gasteiger partial charge in [0.05, 0.1) is 12.2 Å². The van der Waals surface area contributed by atoms with Gasteiger partial charge < -0.3 is 4.74 Å². The number of Topliss-reactive ketones (excluding diaryl/α,β-unsaturated/α-hetero) is 1.